The van der Waals surface area contributed by atoms with Gasteiger partial charge in [-0.3, -0.25) is 9.59 Å². The predicted octanol–water partition coefficient (Wildman–Crippen LogP) is 3.45. The summed E-state index contributed by atoms with van der Waals surface area (Å²) >= 11 is 0. The molecule has 1 unspecified atom stereocenters. The van der Waals surface area contributed by atoms with Gasteiger partial charge in [0.05, 0.1) is 11.6 Å². The van der Waals surface area contributed by atoms with Crippen molar-refractivity contribution < 1.29 is 22.8 Å². The average molecular weight is 346 g/mol. The lowest BCUT2D eigenvalue weighted by atomic mass is 10.0. The predicted molar refractivity (Wildman–Crippen MR) is 82.8 cm³/mol. The molecule has 2 rings (SSSR count). The first kappa shape index (κ1) is 18.2. The monoisotopic (exact) mass is 346 g/mol. The Kier molecular flexibility index (Phi) is 5.90. The van der Waals surface area contributed by atoms with Gasteiger partial charge in [0.2, 0.25) is 5.91 Å². The third-order valence-corrected chi connectivity index (χ3v) is 3.46. The number of carbonyl (C=O) groups is 2. The number of nitrogens with one attached hydrogen (secondary N) is 1. The van der Waals surface area contributed by atoms with Gasteiger partial charge in [-0.2, -0.15) is 5.26 Å². The van der Waals surface area contributed by atoms with E-state index in [1.54, 1.807) is 6.07 Å². The van der Waals surface area contributed by atoms with Crippen LogP contribution < -0.4 is 5.32 Å². The number of carbonyl (C=O) groups excluding carboxylic acids is 2. The van der Waals surface area contributed by atoms with Crippen LogP contribution in [0.15, 0.2) is 42.5 Å². The van der Waals surface area contributed by atoms with Gasteiger partial charge in [0.1, 0.15) is 23.5 Å². The highest BCUT2D eigenvalue weighted by molar-refractivity contribution is 5.98. The van der Waals surface area contributed by atoms with Crippen molar-refractivity contribution in [3.63, 3.8) is 0 Å². The Balaban J connectivity index is 1.97. The van der Waals surface area contributed by atoms with Crippen molar-refractivity contribution in [1.82, 2.24) is 5.32 Å². The number of hydrogen-bond acceptors (Lipinski definition) is 3. The zero-order chi connectivity index (χ0) is 18.4. The van der Waals surface area contributed by atoms with Crippen LogP contribution >= 0.6 is 0 Å². The molecule has 0 aromatic heterocycles. The van der Waals surface area contributed by atoms with E-state index in [0.29, 0.717) is 6.07 Å². The fourth-order valence-electron chi connectivity index (χ4n) is 2.20. The van der Waals surface area contributed by atoms with Crippen LogP contribution in [-0.4, -0.2) is 11.7 Å². The highest BCUT2D eigenvalue weighted by Crippen LogP contribution is 2.17. The Bertz CT molecular complexity index is 846. The molecule has 0 aliphatic heterocycles. The molecule has 0 spiro atoms. The number of amides is 1. The molecule has 0 saturated heterocycles. The van der Waals surface area contributed by atoms with Gasteiger partial charge < -0.3 is 5.32 Å². The minimum absolute atomic E-state index is 0.00857. The average Bonchev–Trinajstić information content (AvgIpc) is 2.58. The van der Waals surface area contributed by atoms with Crippen LogP contribution in [-0.2, 0) is 4.79 Å². The SMILES string of the molecule is N#CC(NC(=O)CCC(=O)c1ccc(F)cc1F)c1ccccc1F. The molecule has 1 amide bonds. The van der Waals surface area contributed by atoms with E-state index in [1.165, 1.54) is 18.2 Å². The summed E-state index contributed by atoms with van der Waals surface area (Å²) in [5.74, 6) is -3.79. The van der Waals surface area contributed by atoms with Crippen LogP contribution in [0, 0.1) is 28.8 Å². The lowest BCUT2D eigenvalue weighted by molar-refractivity contribution is -0.121. The number of Topliss-reactive ketones (excluding diaryl/α,β-unsaturated/α-hetero) is 1. The van der Waals surface area contributed by atoms with E-state index in [0.717, 1.165) is 18.2 Å². The van der Waals surface area contributed by atoms with E-state index in [-0.39, 0.29) is 24.0 Å². The molecule has 2 aromatic carbocycles. The zero-order valence-electron chi connectivity index (χ0n) is 12.9. The Labute approximate surface area is 141 Å². The molecular formula is C18H13F3N2O2. The lowest BCUT2D eigenvalue weighted by Crippen LogP contribution is -2.28. The molecule has 0 aliphatic rings. The molecule has 0 saturated carbocycles. The van der Waals surface area contributed by atoms with Crippen LogP contribution in [0.25, 0.3) is 0 Å². The maximum Gasteiger partial charge on any atom is 0.221 e. The van der Waals surface area contributed by atoms with Crippen LogP contribution in [0.1, 0.15) is 34.8 Å². The number of benzene rings is 2. The second-order valence-electron chi connectivity index (χ2n) is 5.20. The third kappa shape index (κ3) is 4.67. The topological polar surface area (TPSA) is 70.0 Å². The quantitative estimate of drug-likeness (QED) is 0.815. The maximum absolute atomic E-state index is 13.7. The van der Waals surface area contributed by atoms with E-state index in [1.807, 2.05) is 0 Å². The molecule has 0 bridgehead atoms. The minimum atomic E-state index is -1.20. The molecule has 25 heavy (non-hydrogen) atoms. The molecule has 1 atom stereocenters. The number of hydrogen-bond donors (Lipinski definition) is 1. The zero-order valence-corrected chi connectivity index (χ0v) is 12.9. The molecule has 0 radical (unpaired) electrons. The molecule has 1 N–H and O–H groups in total. The van der Waals surface area contributed by atoms with E-state index in [4.69, 9.17) is 5.26 Å². The van der Waals surface area contributed by atoms with Crippen LogP contribution in [0.4, 0.5) is 13.2 Å². The molecule has 0 heterocycles. The van der Waals surface area contributed by atoms with Gasteiger partial charge in [0.25, 0.3) is 0 Å². The van der Waals surface area contributed by atoms with Crippen molar-refractivity contribution in [2.45, 2.75) is 18.9 Å². The van der Waals surface area contributed by atoms with E-state index < -0.39 is 35.2 Å². The fraction of sp³-hybridized carbons (Fsp3) is 0.167. The Morgan fingerprint density at radius 3 is 2.40 bits per heavy atom. The summed E-state index contributed by atoms with van der Waals surface area (Å²) in [6.07, 6.45) is -0.647. The van der Waals surface area contributed by atoms with Crippen molar-refractivity contribution in [2.75, 3.05) is 0 Å². The van der Waals surface area contributed by atoms with Gasteiger partial charge in [-0.1, -0.05) is 18.2 Å². The smallest absolute Gasteiger partial charge is 0.221 e. The number of rotatable bonds is 6. The number of ketones is 1. The van der Waals surface area contributed by atoms with Crippen molar-refractivity contribution in [1.29, 1.82) is 5.26 Å². The summed E-state index contributed by atoms with van der Waals surface area (Å²) in [5, 5.41) is 11.4. The lowest BCUT2D eigenvalue weighted by Gasteiger charge is -2.12. The summed E-state index contributed by atoms with van der Waals surface area (Å²) in [6, 6.07) is 8.59. The van der Waals surface area contributed by atoms with Crippen LogP contribution in [0.5, 0.6) is 0 Å². The van der Waals surface area contributed by atoms with Crippen molar-refractivity contribution >= 4 is 11.7 Å². The summed E-state index contributed by atoms with van der Waals surface area (Å²) in [6.45, 7) is 0. The minimum Gasteiger partial charge on any atom is -0.337 e. The van der Waals surface area contributed by atoms with E-state index in [2.05, 4.69) is 5.32 Å². The summed E-state index contributed by atoms with van der Waals surface area (Å²) in [4.78, 5) is 23.8. The second-order valence-corrected chi connectivity index (χ2v) is 5.20. The first-order valence-corrected chi connectivity index (χ1v) is 7.34. The molecule has 128 valence electrons. The number of halogens is 3. The molecule has 2 aromatic rings. The van der Waals surface area contributed by atoms with Gasteiger partial charge in [0.15, 0.2) is 5.78 Å². The summed E-state index contributed by atoms with van der Waals surface area (Å²) < 4.78 is 40.0. The van der Waals surface area contributed by atoms with Crippen molar-refractivity contribution in [2.24, 2.45) is 0 Å². The third-order valence-electron chi connectivity index (χ3n) is 3.46. The molecule has 7 heteroatoms. The number of nitrogens with zero attached hydrogens (tertiary/aromatic N) is 1. The van der Waals surface area contributed by atoms with Gasteiger partial charge in [-0.15, -0.1) is 0 Å². The fourth-order valence-corrected chi connectivity index (χ4v) is 2.20. The Hall–Kier alpha value is -3.14. The number of nitriles is 1. The van der Waals surface area contributed by atoms with Gasteiger partial charge >= 0.3 is 0 Å². The van der Waals surface area contributed by atoms with Gasteiger partial charge in [0, 0.05) is 24.5 Å². The van der Waals surface area contributed by atoms with Crippen LogP contribution in [0.2, 0.25) is 0 Å². The van der Waals surface area contributed by atoms with E-state index >= 15 is 0 Å². The van der Waals surface area contributed by atoms with Crippen molar-refractivity contribution in [3.05, 3.63) is 71.0 Å². The first-order chi connectivity index (χ1) is 11.9. The van der Waals surface area contributed by atoms with Crippen LogP contribution in [0.3, 0.4) is 0 Å². The van der Waals surface area contributed by atoms with Gasteiger partial charge in [-0.05, 0) is 18.2 Å². The van der Waals surface area contributed by atoms with Gasteiger partial charge in [-0.25, -0.2) is 13.2 Å². The molecule has 0 aliphatic carbocycles. The largest absolute Gasteiger partial charge is 0.337 e. The molecular weight excluding hydrogens is 333 g/mol. The van der Waals surface area contributed by atoms with Crippen molar-refractivity contribution in [3.8, 4) is 6.07 Å². The molecule has 0 fully saturated rings. The summed E-state index contributed by atoms with van der Waals surface area (Å²) in [7, 11) is 0. The molecule has 4 nitrogen and oxygen atoms in total. The Morgan fingerprint density at radius 1 is 1.04 bits per heavy atom. The second kappa shape index (κ2) is 8.11. The highest BCUT2D eigenvalue weighted by atomic mass is 19.1. The standard InChI is InChI=1S/C18H13F3N2O2/c19-11-5-6-13(15(21)9-11)17(24)7-8-18(25)23-16(10-22)12-3-1-2-4-14(12)20/h1-6,9,16H,7-8H2,(H,23,25). The maximum atomic E-state index is 13.7. The normalized spacial score (nSPS) is 11.4. The van der Waals surface area contributed by atoms with E-state index in [9.17, 15) is 22.8 Å². The Morgan fingerprint density at radius 2 is 1.76 bits per heavy atom. The highest BCUT2D eigenvalue weighted by Gasteiger charge is 2.19. The first-order valence-electron chi connectivity index (χ1n) is 7.34. The summed E-state index contributed by atoms with van der Waals surface area (Å²) in [5.41, 5.74) is -0.311.